The lowest BCUT2D eigenvalue weighted by molar-refractivity contribution is 0.0285. The zero-order valence-corrected chi connectivity index (χ0v) is 14.7. The summed E-state index contributed by atoms with van der Waals surface area (Å²) in [5.74, 6) is 0.447. The Labute approximate surface area is 139 Å². The molecule has 0 radical (unpaired) electrons. The molecule has 1 amide bonds. The molecule has 5 heteroatoms. The van der Waals surface area contributed by atoms with E-state index >= 15 is 0 Å². The topological polar surface area (TPSA) is 54.5 Å². The number of nitrogens with one attached hydrogen (secondary N) is 1. The van der Waals surface area contributed by atoms with Gasteiger partial charge < -0.3 is 15.0 Å². The van der Waals surface area contributed by atoms with Crippen molar-refractivity contribution in [3.05, 3.63) is 30.1 Å². The number of amides is 1. The first-order valence-corrected chi connectivity index (χ1v) is 8.49. The molecular formula is C18H29N3O2. The Kier molecular flexibility index (Phi) is 5.99. The largest absolute Gasteiger partial charge is 0.444 e. The number of carbonyl (C=O) groups is 1. The number of pyridine rings is 1. The van der Waals surface area contributed by atoms with E-state index in [1.54, 1.807) is 6.20 Å². The van der Waals surface area contributed by atoms with Crippen molar-refractivity contribution < 1.29 is 9.53 Å². The number of hydrogen-bond acceptors (Lipinski definition) is 4. The number of hydrogen-bond donors (Lipinski definition) is 1. The molecule has 1 aliphatic heterocycles. The van der Waals surface area contributed by atoms with Gasteiger partial charge in [0.15, 0.2) is 0 Å². The van der Waals surface area contributed by atoms with Crippen LogP contribution in [0.2, 0.25) is 0 Å². The van der Waals surface area contributed by atoms with Crippen LogP contribution >= 0.6 is 0 Å². The predicted octanol–water partition coefficient (Wildman–Crippen LogP) is 2.86. The number of ether oxygens (including phenoxy) is 1. The van der Waals surface area contributed by atoms with Crippen molar-refractivity contribution in [1.82, 2.24) is 15.2 Å². The maximum atomic E-state index is 12.2. The number of likely N-dealkylation sites (N-methyl/N-ethyl adjacent to an activating group) is 1. The first-order valence-electron chi connectivity index (χ1n) is 8.49. The highest BCUT2D eigenvalue weighted by Gasteiger charge is 2.33. The first-order chi connectivity index (χ1) is 10.9. The standard InChI is InChI=1S/C18H29N3O2/c1-5-20-16(11-14-7-6-9-19-12-14)15-8-10-21(13-15)17(22)23-18(2,3)4/h6-7,9,12,15-16,20H,5,8,10-11,13H2,1-4H3. The van der Waals surface area contributed by atoms with Crippen molar-refractivity contribution in [1.29, 1.82) is 0 Å². The normalized spacial score (nSPS) is 19.7. The van der Waals surface area contributed by atoms with Gasteiger partial charge in [0.1, 0.15) is 5.60 Å². The third-order valence-corrected chi connectivity index (χ3v) is 4.09. The minimum Gasteiger partial charge on any atom is -0.444 e. The average molecular weight is 319 g/mol. The molecule has 2 atom stereocenters. The fraction of sp³-hybridized carbons (Fsp3) is 0.667. The second-order valence-electron chi connectivity index (χ2n) is 7.20. The molecule has 1 aromatic rings. The van der Waals surface area contributed by atoms with E-state index in [1.165, 1.54) is 5.56 Å². The number of likely N-dealkylation sites (tertiary alicyclic amines) is 1. The van der Waals surface area contributed by atoms with Crippen LogP contribution in [0.5, 0.6) is 0 Å². The zero-order valence-electron chi connectivity index (χ0n) is 14.7. The summed E-state index contributed by atoms with van der Waals surface area (Å²) >= 11 is 0. The third-order valence-electron chi connectivity index (χ3n) is 4.09. The maximum Gasteiger partial charge on any atom is 0.410 e. The minimum absolute atomic E-state index is 0.198. The molecule has 2 heterocycles. The van der Waals surface area contributed by atoms with Gasteiger partial charge in [-0.25, -0.2) is 4.79 Å². The van der Waals surface area contributed by atoms with Crippen molar-refractivity contribution in [2.75, 3.05) is 19.6 Å². The molecule has 0 saturated carbocycles. The second-order valence-corrected chi connectivity index (χ2v) is 7.20. The van der Waals surface area contributed by atoms with Crippen LogP contribution in [-0.2, 0) is 11.2 Å². The van der Waals surface area contributed by atoms with E-state index in [2.05, 4.69) is 23.3 Å². The Hall–Kier alpha value is -1.62. The first kappa shape index (κ1) is 17.7. The fourth-order valence-corrected chi connectivity index (χ4v) is 3.05. The van der Waals surface area contributed by atoms with Gasteiger partial charge in [0.2, 0.25) is 0 Å². The van der Waals surface area contributed by atoms with Gasteiger partial charge in [-0.1, -0.05) is 13.0 Å². The summed E-state index contributed by atoms with van der Waals surface area (Å²) in [4.78, 5) is 18.3. The monoisotopic (exact) mass is 319 g/mol. The van der Waals surface area contributed by atoms with Gasteiger partial charge in [0.05, 0.1) is 0 Å². The summed E-state index contributed by atoms with van der Waals surface area (Å²) in [6, 6.07) is 4.44. The molecule has 1 aromatic heterocycles. The van der Waals surface area contributed by atoms with Crippen LogP contribution in [0.25, 0.3) is 0 Å². The summed E-state index contributed by atoms with van der Waals surface area (Å²) in [6.07, 6.45) is 5.47. The third kappa shape index (κ3) is 5.50. The van der Waals surface area contributed by atoms with Crippen LogP contribution in [-0.4, -0.2) is 47.3 Å². The van der Waals surface area contributed by atoms with Crippen molar-refractivity contribution in [2.45, 2.75) is 52.2 Å². The molecule has 0 bridgehead atoms. The smallest absolute Gasteiger partial charge is 0.410 e. The summed E-state index contributed by atoms with van der Waals surface area (Å²) < 4.78 is 5.48. The van der Waals surface area contributed by atoms with E-state index in [1.807, 2.05) is 37.9 Å². The van der Waals surface area contributed by atoms with Gasteiger partial charge >= 0.3 is 6.09 Å². The average Bonchev–Trinajstić information content (AvgIpc) is 2.96. The molecule has 128 valence electrons. The number of carbonyl (C=O) groups excluding carboxylic acids is 1. The van der Waals surface area contributed by atoms with E-state index in [0.29, 0.717) is 12.0 Å². The van der Waals surface area contributed by atoms with Crippen LogP contribution in [0.3, 0.4) is 0 Å². The van der Waals surface area contributed by atoms with Gasteiger partial charge in [-0.3, -0.25) is 4.98 Å². The minimum atomic E-state index is -0.439. The summed E-state index contributed by atoms with van der Waals surface area (Å²) in [5.41, 5.74) is 0.792. The quantitative estimate of drug-likeness (QED) is 0.907. The molecule has 2 rings (SSSR count). The van der Waals surface area contributed by atoms with Crippen LogP contribution < -0.4 is 5.32 Å². The number of nitrogens with zero attached hydrogens (tertiary/aromatic N) is 2. The summed E-state index contributed by atoms with van der Waals surface area (Å²) in [7, 11) is 0. The molecule has 23 heavy (non-hydrogen) atoms. The molecule has 5 nitrogen and oxygen atoms in total. The van der Waals surface area contributed by atoms with Crippen LogP contribution in [0.15, 0.2) is 24.5 Å². The molecule has 1 saturated heterocycles. The molecule has 0 aliphatic carbocycles. The fourth-order valence-electron chi connectivity index (χ4n) is 3.05. The van der Waals surface area contributed by atoms with Crippen LogP contribution in [0, 0.1) is 5.92 Å². The lowest BCUT2D eigenvalue weighted by Crippen LogP contribution is -2.41. The van der Waals surface area contributed by atoms with Crippen LogP contribution in [0.1, 0.15) is 39.7 Å². The van der Waals surface area contributed by atoms with E-state index < -0.39 is 5.60 Å². The Morgan fingerprint density at radius 3 is 2.91 bits per heavy atom. The van der Waals surface area contributed by atoms with E-state index in [-0.39, 0.29) is 6.09 Å². The zero-order chi connectivity index (χ0) is 16.9. The highest BCUT2D eigenvalue weighted by Crippen LogP contribution is 2.24. The van der Waals surface area contributed by atoms with Crippen molar-refractivity contribution in [3.8, 4) is 0 Å². The Morgan fingerprint density at radius 2 is 2.30 bits per heavy atom. The predicted molar refractivity (Wildman–Crippen MR) is 91.3 cm³/mol. The highest BCUT2D eigenvalue weighted by molar-refractivity contribution is 5.68. The number of rotatable bonds is 5. The lowest BCUT2D eigenvalue weighted by Gasteiger charge is -2.26. The Morgan fingerprint density at radius 1 is 1.52 bits per heavy atom. The van der Waals surface area contributed by atoms with Gasteiger partial charge in [0, 0.05) is 31.5 Å². The lowest BCUT2D eigenvalue weighted by atomic mass is 9.93. The van der Waals surface area contributed by atoms with Crippen LogP contribution in [0.4, 0.5) is 4.79 Å². The van der Waals surface area contributed by atoms with Gasteiger partial charge in [-0.15, -0.1) is 0 Å². The van der Waals surface area contributed by atoms with Gasteiger partial charge in [0.25, 0.3) is 0 Å². The summed E-state index contributed by atoms with van der Waals surface area (Å²) in [6.45, 7) is 10.3. The van der Waals surface area contributed by atoms with Crippen molar-refractivity contribution in [2.24, 2.45) is 5.92 Å². The second kappa shape index (κ2) is 7.77. The maximum absolute atomic E-state index is 12.2. The molecule has 0 spiro atoms. The van der Waals surface area contributed by atoms with E-state index in [4.69, 9.17) is 4.74 Å². The van der Waals surface area contributed by atoms with Gasteiger partial charge in [-0.05, 0) is 57.7 Å². The SMILES string of the molecule is CCNC(Cc1cccnc1)C1CCN(C(=O)OC(C)(C)C)C1. The summed E-state index contributed by atoms with van der Waals surface area (Å²) in [5, 5.41) is 3.57. The molecule has 0 aromatic carbocycles. The molecule has 1 fully saturated rings. The van der Waals surface area contributed by atoms with E-state index in [9.17, 15) is 4.79 Å². The highest BCUT2D eigenvalue weighted by atomic mass is 16.6. The van der Waals surface area contributed by atoms with Gasteiger partial charge in [-0.2, -0.15) is 0 Å². The Balaban J connectivity index is 1.95. The van der Waals surface area contributed by atoms with Crippen molar-refractivity contribution in [3.63, 3.8) is 0 Å². The van der Waals surface area contributed by atoms with E-state index in [0.717, 1.165) is 32.5 Å². The van der Waals surface area contributed by atoms with Crippen molar-refractivity contribution >= 4 is 6.09 Å². The molecule has 1 aliphatic rings. The molecular weight excluding hydrogens is 290 g/mol. The molecule has 1 N–H and O–H groups in total. The number of aromatic nitrogens is 1. The molecule has 2 unspecified atom stereocenters. The Bertz CT molecular complexity index is 499.